The Morgan fingerprint density at radius 3 is 2.76 bits per heavy atom. The van der Waals surface area contributed by atoms with Gasteiger partial charge in [0.1, 0.15) is 22.8 Å². The molecule has 0 saturated carbocycles. The molecule has 1 amide bonds. The number of rotatable bonds is 3. The molecule has 2 heterocycles. The molecule has 1 aromatic rings. The molecule has 3 rings (SSSR count). The highest BCUT2D eigenvalue weighted by molar-refractivity contribution is 6.19. The van der Waals surface area contributed by atoms with Gasteiger partial charge in [0, 0.05) is 17.8 Å². The van der Waals surface area contributed by atoms with Gasteiger partial charge in [0.2, 0.25) is 11.8 Å². The third kappa shape index (κ3) is 1.96. The summed E-state index contributed by atoms with van der Waals surface area (Å²) in [6.45, 7) is 6.87. The van der Waals surface area contributed by atoms with Gasteiger partial charge in [-0.3, -0.25) is 9.59 Å². The molecule has 0 aromatic heterocycles. The van der Waals surface area contributed by atoms with Crippen LogP contribution < -0.4 is 10.6 Å². The molecule has 2 N–H and O–H groups in total. The van der Waals surface area contributed by atoms with Crippen molar-refractivity contribution in [1.82, 2.24) is 0 Å². The van der Waals surface area contributed by atoms with Crippen LogP contribution in [0.15, 0.2) is 59.7 Å². The predicted molar refractivity (Wildman–Crippen MR) is 92.0 cm³/mol. The number of fused-ring (bicyclic) bond motifs is 2. The quantitative estimate of drug-likeness (QED) is 0.853. The van der Waals surface area contributed by atoms with Gasteiger partial charge in [0.25, 0.3) is 0 Å². The second-order valence-corrected chi connectivity index (χ2v) is 5.91. The maximum Gasteiger partial charge on any atom is 0.248 e. The van der Waals surface area contributed by atoms with E-state index >= 15 is 0 Å². The SMILES string of the molecule is C=CCN1C(=O)C2(C(C#N)=C(N)OC(C)=C2C(C)=O)c2ccccc21. The number of benzene rings is 1. The van der Waals surface area contributed by atoms with E-state index < -0.39 is 11.3 Å². The number of nitrogens with two attached hydrogens (primary N) is 1. The zero-order valence-electron chi connectivity index (χ0n) is 14.0. The highest BCUT2D eigenvalue weighted by atomic mass is 16.5. The fraction of sp³-hybridized carbons (Fsp3) is 0.211. The molecule has 126 valence electrons. The largest absolute Gasteiger partial charge is 0.445 e. The van der Waals surface area contributed by atoms with Crippen molar-refractivity contribution in [2.45, 2.75) is 19.3 Å². The fourth-order valence-electron chi connectivity index (χ4n) is 3.74. The lowest BCUT2D eigenvalue weighted by atomic mass is 9.67. The summed E-state index contributed by atoms with van der Waals surface area (Å²) in [4.78, 5) is 27.5. The van der Waals surface area contributed by atoms with E-state index in [2.05, 4.69) is 6.58 Å². The second-order valence-electron chi connectivity index (χ2n) is 5.91. The first kappa shape index (κ1) is 16.5. The van der Waals surface area contributed by atoms with Crippen molar-refractivity contribution in [2.24, 2.45) is 5.73 Å². The Hall–Kier alpha value is -3.33. The number of amides is 1. The zero-order valence-corrected chi connectivity index (χ0v) is 14.0. The minimum atomic E-state index is -1.58. The van der Waals surface area contributed by atoms with Crippen LogP contribution >= 0.6 is 0 Å². The number of nitriles is 1. The first-order valence-corrected chi connectivity index (χ1v) is 7.74. The van der Waals surface area contributed by atoms with E-state index in [9.17, 15) is 14.9 Å². The minimum Gasteiger partial charge on any atom is -0.445 e. The smallest absolute Gasteiger partial charge is 0.248 e. The molecular weight excluding hydrogens is 318 g/mol. The summed E-state index contributed by atoms with van der Waals surface area (Å²) in [5, 5.41) is 9.74. The molecule has 0 bridgehead atoms. The Kier molecular flexibility index (Phi) is 3.73. The lowest BCUT2D eigenvalue weighted by Crippen LogP contribution is -2.48. The van der Waals surface area contributed by atoms with Gasteiger partial charge < -0.3 is 15.4 Å². The van der Waals surface area contributed by atoms with Crippen LogP contribution in [0.4, 0.5) is 5.69 Å². The number of ketones is 1. The molecule has 2 aliphatic rings. The van der Waals surface area contributed by atoms with E-state index in [1.54, 1.807) is 37.3 Å². The van der Waals surface area contributed by atoms with Crippen molar-refractivity contribution < 1.29 is 14.3 Å². The summed E-state index contributed by atoms with van der Waals surface area (Å²) >= 11 is 0. The van der Waals surface area contributed by atoms with Gasteiger partial charge in [-0.15, -0.1) is 6.58 Å². The number of nitrogens with zero attached hydrogens (tertiary/aromatic N) is 2. The van der Waals surface area contributed by atoms with Gasteiger partial charge in [-0.1, -0.05) is 24.3 Å². The highest BCUT2D eigenvalue weighted by Crippen LogP contribution is 2.53. The molecule has 1 aromatic carbocycles. The van der Waals surface area contributed by atoms with E-state index in [1.165, 1.54) is 11.8 Å². The van der Waals surface area contributed by atoms with Crippen molar-refractivity contribution >= 4 is 17.4 Å². The van der Waals surface area contributed by atoms with Crippen molar-refractivity contribution in [3.8, 4) is 6.07 Å². The number of hydrogen-bond donors (Lipinski definition) is 1. The van der Waals surface area contributed by atoms with Gasteiger partial charge in [0.15, 0.2) is 5.78 Å². The molecule has 6 nitrogen and oxygen atoms in total. The average molecular weight is 335 g/mol. The Bertz CT molecular complexity index is 920. The van der Waals surface area contributed by atoms with Crippen molar-refractivity contribution in [2.75, 3.05) is 11.4 Å². The van der Waals surface area contributed by atoms with Crippen molar-refractivity contribution in [3.63, 3.8) is 0 Å². The molecule has 1 spiro atoms. The van der Waals surface area contributed by atoms with E-state index in [4.69, 9.17) is 10.5 Å². The monoisotopic (exact) mass is 335 g/mol. The van der Waals surface area contributed by atoms with E-state index in [0.29, 0.717) is 11.3 Å². The van der Waals surface area contributed by atoms with Crippen molar-refractivity contribution in [1.29, 1.82) is 5.26 Å². The van der Waals surface area contributed by atoms with Crippen LogP contribution in [0.1, 0.15) is 19.4 Å². The summed E-state index contributed by atoms with van der Waals surface area (Å²) < 4.78 is 5.41. The normalized spacial score (nSPS) is 22.0. The van der Waals surface area contributed by atoms with Gasteiger partial charge >= 0.3 is 0 Å². The van der Waals surface area contributed by atoms with Gasteiger partial charge in [-0.25, -0.2) is 0 Å². The van der Waals surface area contributed by atoms with Gasteiger partial charge in [-0.2, -0.15) is 5.26 Å². The van der Waals surface area contributed by atoms with E-state index in [1.807, 2.05) is 6.07 Å². The molecule has 1 atom stereocenters. The van der Waals surface area contributed by atoms with Crippen LogP contribution in [0.2, 0.25) is 0 Å². The first-order chi connectivity index (χ1) is 11.9. The number of anilines is 1. The summed E-state index contributed by atoms with van der Waals surface area (Å²) in [5.41, 5.74) is 5.61. The molecule has 0 radical (unpaired) electrons. The van der Waals surface area contributed by atoms with Crippen LogP contribution in [-0.4, -0.2) is 18.2 Å². The topological polar surface area (TPSA) is 96.4 Å². The maximum absolute atomic E-state index is 13.5. The maximum atomic E-state index is 13.5. The van der Waals surface area contributed by atoms with Crippen LogP contribution in [0.25, 0.3) is 0 Å². The lowest BCUT2D eigenvalue weighted by Gasteiger charge is -2.34. The Labute approximate surface area is 145 Å². The number of ether oxygens (including phenoxy) is 1. The predicted octanol–water partition coefficient (Wildman–Crippen LogP) is 2.04. The highest BCUT2D eigenvalue weighted by Gasteiger charge is 2.60. The number of allylic oxidation sites excluding steroid dienone is 1. The molecule has 0 fully saturated rings. The summed E-state index contributed by atoms with van der Waals surface area (Å²) in [6, 6.07) is 9.07. The van der Waals surface area contributed by atoms with E-state index in [-0.39, 0.29) is 35.1 Å². The standard InChI is InChI=1S/C19H17N3O3/c1-4-9-22-15-8-6-5-7-13(15)19(18(22)24)14(10-20)17(21)25-12(3)16(19)11(2)23/h4-8H,1,9,21H2,2-3H3. The van der Waals surface area contributed by atoms with Crippen LogP contribution in [0, 0.1) is 11.3 Å². The van der Waals surface area contributed by atoms with Crippen molar-refractivity contribution in [3.05, 3.63) is 65.3 Å². The molecule has 6 heteroatoms. The van der Waals surface area contributed by atoms with Crippen LogP contribution in [0.5, 0.6) is 0 Å². The van der Waals surface area contributed by atoms with Gasteiger partial charge in [-0.05, 0) is 19.9 Å². The van der Waals surface area contributed by atoms with Crippen LogP contribution in [0.3, 0.4) is 0 Å². The Morgan fingerprint density at radius 2 is 2.16 bits per heavy atom. The molecular formula is C19H17N3O3. The Morgan fingerprint density at radius 1 is 1.48 bits per heavy atom. The first-order valence-electron chi connectivity index (χ1n) is 7.74. The molecule has 0 saturated heterocycles. The minimum absolute atomic E-state index is 0.0627. The average Bonchev–Trinajstić information content (AvgIpc) is 2.79. The number of carbonyl (C=O) groups excluding carboxylic acids is 2. The number of Topliss-reactive ketones (excluding diaryl/α,β-unsaturated/α-hetero) is 1. The number of hydrogen-bond acceptors (Lipinski definition) is 5. The lowest BCUT2D eigenvalue weighted by molar-refractivity contribution is -0.123. The summed E-state index contributed by atoms with van der Waals surface area (Å²) in [7, 11) is 0. The summed E-state index contributed by atoms with van der Waals surface area (Å²) in [5.74, 6) is -0.677. The molecule has 2 aliphatic heterocycles. The third-order valence-corrected chi connectivity index (χ3v) is 4.55. The van der Waals surface area contributed by atoms with E-state index in [0.717, 1.165) is 0 Å². The van der Waals surface area contributed by atoms with Crippen LogP contribution in [-0.2, 0) is 19.7 Å². The second kappa shape index (κ2) is 5.64. The number of para-hydroxylation sites is 1. The summed E-state index contributed by atoms with van der Waals surface area (Å²) in [6.07, 6.45) is 1.59. The van der Waals surface area contributed by atoms with Gasteiger partial charge in [0.05, 0.1) is 5.57 Å². The molecule has 25 heavy (non-hydrogen) atoms. The number of carbonyl (C=O) groups is 2. The Balaban J connectivity index is 2.47. The molecule has 1 unspecified atom stereocenters. The zero-order chi connectivity index (χ0) is 18.4. The third-order valence-electron chi connectivity index (χ3n) is 4.55. The fourth-order valence-corrected chi connectivity index (χ4v) is 3.74. The molecule has 0 aliphatic carbocycles.